The molecular weight excluding hydrogens is 380 g/mol. The number of hydrogen-bond acceptors (Lipinski definition) is 6. The minimum Gasteiger partial charge on any atom is -0.497 e. The Morgan fingerprint density at radius 2 is 1.63 bits per heavy atom. The van der Waals surface area contributed by atoms with Gasteiger partial charge < -0.3 is 14.0 Å². The summed E-state index contributed by atoms with van der Waals surface area (Å²) in [5.41, 5.74) is 1.97. The minimum absolute atomic E-state index is 0.265. The minimum atomic E-state index is -0.456. The van der Waals surface area contributed by atoms with E-state index in [1.54, 1.807) is 55.7 Å². The van der Waals surface area contributed by atoms with Crippen LogP contribution in [0.1, 0.15) is 21.7 Å². The number of para-hydroxylation sites is 1. The van der Waals surface area contributed by atoms with E-state index in [1.807, 2.05) is 42.5 Å². The predicted octanol–water partition coefficient (Wildman–Crippen LogP) is 5.13. The lowest BCUT2D eigenvalue weighted by Gasteiger charge is -2.07. The normalized spacial score (nSPS) is 10.8. The van der Waals surface area contributed by atoms with E-state index in [1.165, 1.54) is 0 Å². The number of rotatable bonds is 6. The van der Waals surface area contributed by atoms with E-state index in [-0.39, 0.29) is 5.89 Å². The average molecular weight is 398 g/mol. The highest BCUT2D eigenvalue weighted by atomic mass is 16.5. The van der Waals surface area contributed by atoms with Crippen molar-refractivity contribution in [2.45, 2.75) is 0 Å². The van der Waals surface area contributed by atoms with Crippen molar-refractivity contribution < 1.29 is 18.8 Å². The van der Waals surface area contributed by atoms with Crippen molar-refractivity contribution in [2.75, 3.05) is 7.11 Å². The van der Waals surface area contributed by atoms with Gasteiger partial charge >= 0.3 is 5.97 Å². The molecule has 0 unspecified atom stereocenters. The highest BCUT2D eigenvalue weighted by molar-refractivity contribution is 5.91. The summed E-state index contributed by atoms with van der Waals surface area (Å²) in [6.07, 6.45) is 3.61. The van der Waals surface area contributed by atoms with Gasteiger partial charge in [0.05, 0.1) is 18.2 Å². The van der Waals surface area contributed by atoms with Crippen LogP contribution in [-0.4, -0.2) is 23.2 Å². The van der Waals surface area contributed by atoms with Gasteiger partial charge in [-0.1, -0.05) is 53.7 Å². The van der Waals surface area contributed by atoms with E-state index in [0.29, 0.717) is 22.7 Å². The van der Waals surface area contributed by atoms with Gasteiger partial charge in [0, 0.05) is 0 Å². The number of carbonyl (C=O) groups is 1. The van der Waals surface area contributed by atoms with Gasteiger partial charge in [-0.25, -0.2) is 4.79 Å². The molecule has 6 heteroatoms. The summed E-state index contributed by atoms with van der Waals surface area (Å²) >= 11 is 0. The van der Waals surface area contributed by atoms with Gasteiger partial charge in [-0.05, 0) is 48.0 Å². The molecule has 0 saturated heterocycles. The summed E-state index contributed by atoms with van der Waals surface area (Å²) < 4.78 is 16.1. The highest BCUT2D eigenvalue weighted by Crippen LogP contribution is 2.29. The summed E-state index contributed by atoms with van der Waals surface area (Å²) in [6.45, 7) is 0. The average Bonchev–Trinajstić information content (AvgIpc) is 3.28. The van der Waals surface area contributed by atoms with Gasteiger partial charge in [0.15, 0.2) is 5.82 Å². The number of benzene rings is 3. The van der Waals surface area contributed by atoms with Crippen molar-refractivity contribution in [2.24, 2.45) is 0 Å². The Morgan fingerprint density at radius 3 is 2.40 bits per heavy atom. The van der Waals surface area contributed by atoms with Crippen LogP contribution < -0.4 is 9.47 Å². The largest absolute Gasteiger partial charge is 0.497 e. The number of nitrogens with zero attached hydrogens (tertiary/aromatic N) is 2. The summed E-state index contributed by atoms with van der Waals surface area (Å²) in [4.78, 5) is 16.8. The number of aromatic nitrogens is 2. The molecule has 0 aliphatic rings. The Bertz CT molecular complexity index is 1170. The van der Waals surface area contributed by atoms with E-state index >= 15 is 0 Å². The topological polar surface area (TPSA) is 74.5 Å². The number of ether oxygens (including phenoxy) is 2. The molecule has 0 N–H and O–H groups in total. The lowest BCUT2D eigenvalue weighted by molar-refractivity contribution is 0.0735. The molecule has 1 heterocycles. The van der Waals surface area contributed by atoms with Crippen LogP contribution >= 0.6 is 0 Å². The van der Waals surface area contributed by atoms with Crippen molar-refractivity contribution in [1.82, 2.24) is 10.1 Å². The maximum Gasteiger partial charge on any atom is 0.343 e. The molecule has 0 atom stereocenters. The van der Waals surface area contributed by atoms with E-state index < -0.39 is 5.97 Å². The van der Waals surface area contributed by atoms with E-state index in [0.717, 1.165) is 11.3 Å². The first-order chi connectivity index (χ1) is 14.7. The molecule has 0 spiro atoms. The summed E-state index contributed by atoms with van der Waals surface area (Å²) in [6, 6.07) is 23.4. The Labute approximate surface area is 173 Å². The summed E-state index contributed by atoms with van der Waals surface area (Å²) in [7, 11) is 1.63. The fourth-order valence-electron chi connectivity index (χ4n) is 2.76. The van der Waals surface area contributed by atoms with Gasteiger partial charge in [0.25, 0.3) is 5.89 Å². The highest BCUT2D eigenvalue weighted by Gasteiger charge is 2.16. The Morgan fingerprint density at radius 1 is 0.900 bits per heavy atom. The first-order valence-electron chi connectivity index (χ1n) is 9.25. The molecule has 0 aliphatic carbocycles. The maximum absolute atomic E-state index is 12.4. The first-order valence-corrected chi connectivity index (χ1v) is 9.25. The van der Waals surface area contributed by atoms with Gasteiger partial charge in [0.2, 0.25) is 0 Å². The second-order valence-corrected chi connectivity index (χ2v) is 6.32. The Kier molecular flexibility index (Phi) is 5.66. The molecule has 148 valence electrons. The molecule has 6 nitrogen and oxygen atoms in total. The molecule has 30 heavy (non-hydrogen) atoms. The lowest BCUT2D eigenvalue weighted by atomic mass is 10.2. The van der Waals surface area contributed by atoms with Crippen molar-refractivity contribution in [1.29, 1.82) is 0 Å². The standard InChI is InChI=1S/C24H18N2O4/c1-28-19-14-11-17(12-15-19)13-16-22-25-23(30-26-22)20-9-5-6-10-21(20)29-24(27)18-7-3-2-4-8-18/h2-16H,1H3/b16-13+. The molecular formula is C24H18N2O4. The lowest BCUT2D eigenvalue weighted by Crippen LogP contribution is -2.08. The molecule has 0 radical (unpaired) electrons. The van der Waals surface area contributed by atoms with Crippen molar-refractivity contribution in [3.8, 4) is 23.0 Å². The van der Waals surface area contributed by atoms with E-state index in [2.05, 4.69) is 10.1 Å². The Hall–Kier alpha value is -4.19. The van der Waals surface area contributed by atoms with Crippen LogP contribution in [0.15, 0.2) is 83.4 Å². The molecule has 3 aromatic carbocycles. The fourth-order valence-corrected chi connectivity index (χ4v) is 2.76. The van der Waals surface area contributed by atoms with Crippen molar-refractivity contribution >= 4 is 18.1 Å². The molecule has 4 aromatic rings. The second kappa shape index (κ2) is 8.87. The third-order valence-corrected chi connectivity index (χ3v) is 4.31. The van der Waals surface area contributed by atoms with Gasteiger partial charge in [0.1, 0.15) is 11.5 Å². The third-order valence-electron chi connectivity index (χ3n) is 4.31. The van der Waals surface area contributed by atoms with Crippen LogP contribution in [0, 0.1) is 0 Å². The maximum atomic E-state index is 12.4. The monoisotopic (exact) mass is 398 g/mol. The molecule has 0 aliphatic heterocycles. The number of methoxy groups -OCH3 is 1. The smallest absolute Gasteiger partial charge is 0.343 e. The van der Waals surface area contributed by atoms with Crippen molar-refractivity contribution in [3.63, 3.8) is 0 Å². The fraction of sp³-hybridized carbons (Fsp3) is 0.0417. The van der Waals surface area contributed by atoms with E-state index in [9.17, 15) is 4.79 Å². The van der Waals surface area contributed by atoms with Gasteiger partial charge in [-0.15, -0.1) is 0 Å². The quantitative estimate of drug-likeness (QED) is 0.331. The Balaban J connectivity index is 1.53. The summed E-state index contributed by atoms with van der Waals surface area (Å²) in [5, 5.41) is 3.98. The van der Waals surface area contributed by atoms with Gasteiger partial charge in [-0.3, -0.25) is 0 Å². The molecule has 0 saturated carbocycles. The molecule has 0 amide bonds. The molecule has 0 bridgehead atoms. The zero-order valence-corrected chi connectivity index (χ0v) is 16.2. The molecule has 1 aromatic heterocycles. The number of carbonyl (C=O) groups excluding carboxylic acids is 1. The van der Waals surface area contributed by atoms with Crippen LogP contribution in [-0.2, 0) is 0 Å². The van der Waals surface area contributed by atoms with E-state index in [4.69, 9.17) is 14.0 Å². The van der Waals surface area contributed by atoms with Crippen molar-refractivity contribution in [3.05, 3.63) is 95.8 Å². The number of esters is 1. The van der Waals surface area contributed by atoms with Crippen LogP contribution in [0.5, 0.6) is 11.5 Å². The molecule has 0 fully saturated rings. The SMILES string of the molecule is COc1ccc(/C=C/c2noc(-c3ccccc3OC(=O)c3ccccc3)n2)cc1. The zero-order valence-electron chi connectivity index (χ0n) is 16.2. The third kappa shape index (κ3) is 4.44. The second-order valence-electron chi connectivity index (χ2n) is 6.32. The van der Waals surface area contributed by atoms with Crippen LogP contribution in [0.25, 0.3) is 23.6 Å². The van der Waals surface area contributed by atoms with Gasteiger partial charge in [-0.2, -0.15) is 4.98 Å². The summed E-state index contributed by atoms with van der Waals surface area (Å²) in [5.74, 6) is 1.35. The predicted molar refractivity (Wildman–Crippen MR) is 113 cm³/mol. The zero-order chi connectivity index (χ0) is 20.8. The molecule has 4 rings (SSSR count). The number of hydrogen-bond donors (Lipinski definition) is 0. The first kappa shape index (κ1) is 19.1. The van der Waals surface area contributed by atoms with Crippen LogP contribution in [0.4, 0.5) is 0 Å². The van der Waals surface area contributed by atoms with Crippen LogP contribution in [0.2, 0.25) is 0 Å². The van der Waals surface area contributed by atoms with Crippen LogP contribution in [0.3, 0.4) is 0 Å².